The van der Waals surface area contributed by atoms with E-state index < -0.39 is 5.25 Å². The standard InChI is InChI=1S/C29H32N6O3S/c1-19-11-13-22(14-12-19)30-18-27-32-34-29(35(27)23-9-7-6-8-10-23)39-21(3)28(36)33-31-20(2)25-16-15-24(37-4)17-26(25)38-5/h6-17,21,30H,18H2,1-5H3,(H,33,36). The van der Waals surface area contributed by atoms with Crippen LogP contribution in [0, 0.1) is 6.92 Å². The van der Waals surface area contributed by atoms with Gasteiger partial charge in [0.15, 0.2) is 11.0 Å². The molecule has 1 atom stereocenters. The van der Waals surface area contributed by atoms with E-state index in [2.05, 4.69) is 45.1 Å². The first kappa shape index (κ1) is 27.7. The zero-order valence-corrected chi connectivity index (χ0v) is 23.5. The van der Waals surface area contributed by atoms with Gasteiger partial charge in [-0.05, 0) is 57.2 Å². The maximum Gasteiger partial charge on any atom is 0.253 e. The monoisotopic (exact) mass is 544 g/mol. The van der Waals surface area contributed by atoms with Crippen molar-refractivity contribution in [2.45, 2.75) is 37.7 Å². The van der Waals surface area contributed by atoms with Gasteiger partial charge in [-0.3, -0.25) is 9.36 Å². The zero-order valence-electron chi connectivity index (χ0n) is 22.6. The van der Waals surface area contributed by atoms with E-state index in [-0.39, 0.29) is 5.91 Å². The van der Waals surface area contributed by atoms with Crippen LogP contribution in [0.15, 0.2) is 83.1 Å². The summed E-state index contributed by atoms with van der Waals surface area (Å²) in [4.78, 5) is 13.0. The van der Waals surface area contributed by atoms with Gasteiger partial charge in [0.05, 0.1) is 31.7 Å². The van der Waals surface area contributed by atoms with Crippen LogP contribution in [0.5, 0.6) is 11.5 Å². The molecule has 3 aromatic carbocycles. The second kappa shape index (κ2) is 13.0. The Labute approximate surface area is 232 Å². The number of aryl methyl sites for hydroxylation is 1. The van der Waals surface area contributed by atoms with E-state index >= 15 is 0 Å². The molecule has 0 radical (unpaired) electrons. The van der Waals surface area contributed by atoms with Crippen LogP contribution in [-0.2, 0) is 11.3 Å². The van der Waals surface area contributed by atoms with E-state index in [1.165, 1.54) is 17.3 Å². The number of nitrogens with zero attached hydrogens (tertiary/aromatic N) is 4. The molecule has 0 aliphatic heterocycles. The van der Waals surface area contributed by atoms with Crippen LogP contribution in [-0.4, -0.2) is 45.9 Å². The van der Waals surface area contributed by atoms with Crippen LogP contribution >= 0.6 is 11.8 Å². The number of para-hydroxylation sites is 1. The lowest BCUT2D eigenvalue weighted by molar-refractivity contribution is -0.120. The first-order valence-corrected chi connectivity index (χ1v) is 13.3. The third-order valence-corrected chi connectivity index (χ3v) is 7.04. The summed E-state index contributed by atoms with van der Waals surface area (Å²) in [7, 11) is 3.17. The largest absolute Gasteiger partial charge is 0.497 e. The van der Waals surface area contributed by atoms with Crippen LogP contribution in [0.4, 0.5) is 5.69 Å². The minimum Gasteiger partial charge on any atom is -0.497 e. The van der Waals surface area contributed by atoms with E-state index in [0.717, 1.165) is 22.8 Å². The van der Waals surface area contributed by atoms with Crippen molar-refractivity contribution in [3.8, 4) is 17.2 Å². The van der Waals surface area contributed by atoms with Crippen LogP contribution in [0.25, 0.3) is 5.69 Å². The van der Waals surface area contributed by atoms with Crippen molar-refractivity contribution in [2.24, 2.45) is 5.10 Å². The molecule has 4 aromatic rings. The number of carbonyl (C=O) groups is 1. The Morgan fingerprint density at radius 1 is 1.03 bits per heavy atom. The molecule has 0 saturated heterocycles. The number of nitrogens with one attached hydrogen (secondary N) is 2. The van der Waals surface area contributed by atoms with Gasteiger partial charge in [0.1, 0.15) is 11.5 Å². The van der Waals surface area contributed by atoms with Gasteiger partial charge < -0.3 is 14.8 Å². The highest BCUT2D eigenvalue weighted by Gasteiger charge is 2.21. The van der Waals surface area contributed by atoms with Crippen LogP contribution in [0.1, 0.15) is 30.8 Å². The third-order valence-electron chi connectivity index (χ3n) is 6.00. The molecule has 10 heteroatoms. The van der Waals surface area contributed by atoms with E-state index in [0.29, 0.717) is 28.9 Å². The molecule has 1 amide bonds. The Morgan fingerprint density at radius 2 is 1.77 bits per heavy atom. The maximum atomic E-state index is 13.0. The summed E-state index contributed by atoms with van der Waals surface area (Å²) in [5, 5.41) is 16.7. The summed E-state index contributed by atoms with van der Waals surface area (Å²) in [6.07, 6.45) is 0. The van der Waals surface area contributed by atoms with E-state index in [1.54, 1.807) is 20.3 Å². The number of ether oxygens (including phenoxy) is 2. The molecule has 0 fully saturated rings. The molecule has 4 rings (SSSR count). The molecule has 0 aliphatic carbocycles. The number of hydrogen-bond donors (Lipinski definition) is 2. The molecule has 1 aromatic heterocycles. The highest BCUT2D eigenvalue weighted by Crippen LogP contribution is 2.27. The molecule has 0 saturated carbocycles. The van der Waals surface area contributed by atoms with Gasteiger partial charge >= 0.3 is 0 Å². The predicted molar refractivity (Wildman–Crippen MR) is 155 cm³/mol. The predicted octanol–water partition coefficient (Wildman–Crippen LogP) is 5.23. The lowest BCUT2D eigenvalue weighted by Gasteiger charge is -2.14. The summed E-state index contributed by atoms with van der Waals surface area (Å²) in [5.74, 6) is 1.76. The van der Waals surface area contributed by atoms with Crippen LogP contribution in [0.2, 0.25) is 0 Å². The quantitative estimate of drug-likeness (QED) is 0.151. The first-order valence-electron chi connectivity index (χ1n) is 12.4. The molecule has 202 valence electrons. The molecule has 1 heterocycles. The average Bonchev–Trinajstić information content (AvgIpc) is 3.37. The highest BCUT2D eigenvalue weighted by molar-refractivity contribution is 8.00. The fourth-order valence-electron chi connectivity index (χ4n) is 3.78. The molecule has 0 aliphatic rings. The number of anilines is 1. The number of aromatic nitrogens is 3. The van der Waals surface area contributed by atoms with Gasteiger partial charge in [-0.1, -0.05) is 47.7 Å². The minimum atomic E-state index is -0.483. The molecular formula is C29H32N6O3S. The van der Waals surface area contributed by atoms with Crippen molar-refractivity contribution in [2.75, 3.05) is 19.5 Å². The van der Waals surface area contributed by atoms with E-state index in [9.17, 15) is 4.79 Å². The normalized spacial score (nSPS) is 12.1. The highest BCUT2D eigenvalue weighted by atomic mass is 32.2. The molecule has 1 unspecified atom stereocenters. The summed E-state index contributed by atoms with van der Waals surface area (Å²) in [6, 6.07) is 23.5. The molecule has 39 heavy (non-hydrogen) atoms. The fourth-order valence-corrected chi connectivity index (χ4v) is 4.66. The average molecular weight is 545 g/mol. The molecule has 9 nitrogen and oxygen atoms in total. The number of thioether (sulfide) groups is 1. The van der Waals surface area contributed by atoms with E-state index in [4.69, 9.17) is 9.47 Å². The van der Waals surface area contributed by atoms with Gasteiger partial charge in [-0.2, -0.15) is 5.10 Å². The molecular weight excluding hydrogens is 512 g/mol. The number of carbonyl (C=O) groups excluding carboxylic acids is 1. The van der Waals surface area contributed by atoms with Crippen molar-refractivity contribution in [1.29, 1.82) is 0 Å². The van der Waals surface area contributed by atoms with Gasteiger partial charge in [-0.25, -0.2) is 5.43 Å². The van der Waals surface area contributed by atoms with Crippen molar-refractivity contribution in [3.63, 3.8) is 0 Å². The van der Waals surface area contributed by atoms with Crippen molar-refractivity contribution in [3.05, 3.63) is 89.7 Å². The van der Waals surface area contributed by atoms with Crippen LogP contribution in [0.3, 0.4) is 0 Å². The number of hydrazone groups is 1. The van der Waals surface area contributed by atoms with Crippen molar-refractivity contribution in [1.82, 2.24) is 20.2 Å². The summed E-state index contributed by atoms with van der Waals surface area (Å²) in [6.45, 7) is 6.15. The summed E-state index contributed by atoms with van der Waals surface area (Å²) >= 11 is 1.32. The Kier molecular flexibility index (Phi) is 9.22. The summed E-state index contributed by atoms with van der Waals surface area (Å²) < 4.78 is 12.7. The Morgan fingerprint density at radius 3 is 2.46 bits per heavy atom. The number of amides is 1. The Balaban J connectivity index is 1.49. The lowest BCUT2D eigenvalue weighted by atomic mass is 10.1. The van der Waals surface area contributed by atoms with E-state index in [1.807, 2.05) is 73.0 Å². The number of hydrogen-bond acceptors (Lipinski definition) is 8. The summed E-state index contributed by atoms with van der Waals surface area (Å²) in [5.41, 5.74) is 7.14. The van der Waals surface area contributed by atoms with Gasteiger partial charge in [0.2, 0.25) is 0 Å². The second-order valence-corrected chi connectivity index (χ2v) is 10.1. The number of rotatable bonds is 11. The first-order chi connectivity index (χ1) is 18.9. The van der Waals surface area contributed by atoms with Gasteiger partial charge in [0.25, 0.3) is 5.91 Å². The van der Waals surface area contributed by atoms with Crippen LogP contribution < -0.4 is 20.2 Å². The Bertz CT molecular complexity index is 1440. The zero-order chi connectivity index (χ0) is 27.8. The molecule has 2 N–H and O–H groups in total. The lowest BCUT2D eigenvalue weighted by Crippen LogP contribution is -2.28. The SMILES string of the molecule is COc1ccc(C(C)=NNC(=O)C(C)Sc2nnc(CNc3ccc(C)cc3)n2-c2ccccc2)c(OC)c1. The van der Waals surface area contributed by atoms with Crippen molar-refractivity contribution >= 4 is 29.1 Å². The third kappa shape index (κ3) is 6.97. The minimum absolute atomic E-state index is 0.256. The van der Waals surface area contributed by atoms with Crippen molar-refractivity contribution < 1.29 is 14.3 Å². The Hall–Kier alpha value is -4.31. The van der Waals surface area contributed by atoms with Gasteiger partial charge in [0, 0.05) is 23.0 Å². The topological polar surface area (TPSA) is 103 Å². The number of methoxy groups -OCH3 is 2. The smallest absolute Gasteiger partial charge is 0.253 e. The molecule has 0 bridgehead atoms. The maximum absolute atomic E-state index is 13.0. The fraction of sp³-hybridized carbons (Fsp3) is 0.241. The number of benzene rings is 3. The second-order valence-electron chi connectivity index (χ2n) is 8.79. The van der Waals surface area contributed by atoms with Gasteiger partial charge in [-0.15, -0.1) is 10.2 Å². The molecule has 0 spiro atoms.